The molecular formula is C10H10BrClO2. The van der Waals surface area contributed by atoms with Crippen LogP contribution in [0.5, 0.6) is 0 Å². The summed E-state index contributed by atoms with van der Waals surface area (Å²) in [6.45, 7) is 1.88. The van der Waals surface area contributed by atoms with E-state index >= 15 is 0 Å². The van der Waals surface area contributed by atoms with Crippen molar-refractivity contribution in [3.05, 3.63) is 32.8 Å². The van der Waals surface area contributed by atoms with Gasteiger partial charge in [0.25, 0.3) is 0 Å². The van der Waals surface area contributed by atoms with E-state index in [2.05, 4.69) is 20.7 Å². The third-order valence-corrected chi connectivity index (χ3v) is 3.18. The monoisotopic (exact) mass is 276 g/mol. The summed E-state index contributed by atoms with van der Waals surface area (Å²) in [5, 5.41) is 0.659. The molecule has 0 unspecified atom stereocenters. The molecule has 0 aliphatic carbocycles. The van der Waals surface area contributed by atoms with Crippen molar-refractivity contribution in [2.45, 2.75) is 13.3 Å². The van der Waals surface area contributed by atoms with Gasteiger partial charge in [0.05, 0.1) is 13.5 Å². The third-order valence-electron chi connectivity index (χ3n) is 2.02. The number of benzene rings is 1. The molecule has 76 valence electrons. The first-order valence-corrected chi connectivity index (χ1v) is 5.23. The lowest BCUT2D eigenvalue weighted by atomic mass is 10.1. The lowest BCUT2D eigenvalue weighted by Crippen LogP contribution is -2.06. The van der Waals surface area contributed by atoms with E-state index in [0.29, 0.717) is 5.02 Å². The lowest BCUT2D eigenvalue weighted by molar-refractivity contribution is -0.139. The van der Waals surface area contributed by atoms with Gasteiger partial charge in [-0.15, -0.1) is 0 Å². The maximum absolute atomic E-state index is 11.1. The summed E-state index contributed by atoms with van der Waals surface area (Å²) in [5.41, 5.74) is 1.79. The molecule has 0 aromatic heterocycles. The summed E-state index contributed by atoms with van der Waals surface area (Å²) in [4.78, 5) is 11.1. The standard InChI is InChI=1S/C10H10BrClO2/c1-6-7(5-10(13)14-2)8(11)3-4-9(6)12/h3-4H,5H2,1-2H3. The van der Waals surface area contributed by atoms with Gasteiger partial charge in [-0.05, 0) is 30.2 Å². The second-order valence-corrected chi connectivity index (χ2v) is 4.15. The maximum atomic E-state index is 11.1. The summed E-state index contributed by atoms with van der Waals surface area (Å²) < 4.78 is 5.48. The van der Waals surface area contributed by atoms with Crippen LogP contribution in [-0.4, -0.2) is 13.1 Å². The fraction of sp³-hybridized carbons (Fsp3) is 0.300. The Hall–Kier alpha value is -0.540. The van der Waals surface area contributed by atoms with Crippen LogP contribution in [0.2, 0.25) is 5.02 Å². The molecule has 0 aliphatic rings. The highest BCUT2D eigenvalue weighted by molar-refractivity contribution is 9.10. The van der Waals surface area contributed by atoms with Crippen molar-refractivity contribution in [3.8, 4) is 0 Å². The number of esters is 1. The van der Waals surface area contributed by atoms with E-state index in [0.717, 1.165) is 15.6 Å². The molecule has 2 nitrogen and oxygen atoms in total. The van der Waals surface area contributed by atoms with Gasteiger partial charge in [-0.25, -0.2) is 0 Å². The molecule has 1 aromatic rings. The van der Waals surface area contributed by atoms with Gasteiger partial charge in [0.15, 0.2) is 0 Å². The van der Waals surface area contributed by atoms with Gasteiger partial charge in [0, 0.05) is 9.50 Å². The van der Waals surface area contributed by atoms with E-state index in [1.54, 1.807) is 6.07 Å². The zero-order valence-electron chi connectivity index (χ0n) is 7.93. The summed E-state index contributed by atoms with van der Waals surface area (Å²) in [7, 11) is 1.37. The fourth-order valence-electron chi connectivity index (χ4n) is 1.13. The Bertz CT molecular complexity index is 363. The predicted octanol–water partition coefficient (Wildman–Crippen LogP) is 3.13. The average Bonchev–Trinajstić information content (AvgIpc) is 2.18. The maximum Gasteiger partial charge on any atom is 0.310 e. The highest BCUT2D eigenvalue weighted by atomic mass is 79.9. The van der Waals surface area contributed by atoms with Crippen LogP contribution in [0.15, 0.2) is 16.6 Å². The van der Waals surface area contributed by atoms with Crippen LogP contribution in [-0.2, 0) is 16.0 Å². The molecular weight excluding hydrogens is 267 g/mol. The zero-order chi connectivity index (χ0) is 10.7. The Morgan fingerprint density at radius 3 is 2.79 bits per heavy atom. The Morgan fingerprint density at radius 1 is 1.57 bits per heavy atom. The Kier molecular flexibility index (Phi) is 3.96. The molecule has 0 aliphatic heterocycles. The molecule has 0 radical (unpaired) electrons. The highest BCUT2D eigenvalue weighted by Crippen LogP contribution is 2.27. The van der Waals surface area contributed by atoms with Crippen molar-refractivity contribution >= 4 is 33.5 Å². The van der Waals surface area contributed by atoms with Crippen molar-refractivity contribution in [3.63, 3.8) is 0 Å². The van der Waals surface area contributed by atoms with E-state index in [1.807, 2.05) is 13.0 Å². The molecule has 0 spiro atoms. The molecule has 0 fully saturated rings. The Labute approximate surface area is 96.3 Å². The summed E-state index contributed by atoms with van der Waals surface area (Å²) in [5.74, 6) is -0.268. The molecule has 0 heterocycles. The number of rotatable bonds is 2. The molecule has 1 rings (SSSR count). The number of methoxy groups -OCH3 is 1. The SMILES string of the molecule is COC(=O)Cc1c(Br)ccc(Cl)c1C. The van der Waals surface area contributed by atoms with E-state index in [1.165, 1.54) is 7.11 Å². The second kappa shape index (κ2) is 4.80. The lowest BCUT2D eigenvalue weighted by Gasteiger charge is -2.08. The summed E-state index contributed by atoms with van der Waals surface area (Å²) >= 11 is 9.31. The normalized spacial score (nSPS) is 10.0. The van der Waals surface area contributed by atoms with Crippen LogP contribution in [0.25, 0.3) is 0 Å². The Morgan fingerprint density at radius 2 is 2.21 bits per heavy atom. The van der Waals surface area contributed by atoms with Crippen molar-refractivity contribution in [1.82, 2.24) is 0 Å². The number of halogens is 2. The van der Waals surface area contributed by atoms with Crippen LogP contribution in [0, 0.1) is 6.92 Å². The first-order valence-electron chi connectivity index (χ1n) is 4.06. The molecule has 0 saturated carbocycles. The van der Waals surface area contributed by atoms with Crippen LogP contribution in [0.1, 0.15) is 11.1 Å². The number of carbonyl (C=O) groups excluding carboxylic acids is 1. The molecule has 0 amide bonds. The highest BCUT2D eigenvalue weighted by Gasteiger charge is 2.11. The van der Waals surface area contributed by atoms with Crippen LogP contribution < -0.4 is 0 Å². The van der Waals surface area contributed by atoms with Gasteiger partial charge in [-0.2, -0.15) is 0 Å². The van der Waals surface area contributed by atoms with Crippen molar-refractivity contribution < 1.29 is 9.53 Å². The number of ether oxygens (including phenoxy) is 1. The van der Waals surface area contributed by atoms with Gasteiger partial charge in [0.1, 0.15) is 0 Å². The first-order chi connectivity index (χ1) is 6.56. The smallest absolute Gasteiger partial charge is 0.310 e. The summed E-state index contributed by atoms with van der Waals surface area (Å²) in [6.07, 6.45) is 0.240. The minimum absolute atomic E-state index is 0.240. The van der Waals surface area contributed by atoms with Crippen LogP contribution >= 0.6 is 27.5 Å². The van der Waals surface area contributed by atoms with Gasteiger partial charge in [0.2, 0.25) is 0 Å². The van der Waals surface area contributed by atoms with Gasteiger partial charge in [-0.3, -0.25) is 4.79 Å². The first kappa shape index (κ1) is 11.5. The topological polar surface area (TPSA) is 26.3 Å². The quantitative estimate of drug-likeness (QED) is 0.776. The molecule has 0 N–H and O–H groups in total. The second-order valence-electron chi connectivity index (χ2n) is 2.89. The van der Waals surface area contributed by atoms with Crippen molar-refractivity contribution in [2.75, 3.05) is 7.11 Å². The van der Waals surface area contributed by atoms with Crippen LogP contribution in [0.3, 0.4) is 0 Å². The molecule has 0 bridgehead atoms. The van der Waals surface area contributed by atoms with Gasteiger partial charge >= 0.3 is 5.97 Å². The summed E-state index contributed by atoms with van der Waals surface area (Å²) in [6, 6.07) is 3.62. The largest absolute Gasteiger partial charge is 0.469 e. The zero-order valence-corrected chi connectivity index (χ0v) is 10.3. The van der Waals surface area contributed by atoms with Crippen molar-refractivity contribution in [2.24, 2.45) is 0 Å². The molecule has 4 heteroatoms. The third kappa shape index (κ3) is 2.49. The number of hydrogen-bond acceptors (Lipinski definition) is 2. The Balaban J connectivity index is 3.06. The van der Waals surface area contributed by atoms with E-state index in [-0.39, 0.29) is 12.4 Å². The number of carbonyl (C=O) groups is 1. The van der Waals surface area contributed by atoms with Crippen LogP contribution in [0.4, 0.5) is 0 Å². The van der Waals surface area contributed by atoms with E-state index < -0.39 is 0 Å². The minimum Gasteiger partial charge on any atom is -0.469 e. The van der Waals surface area contributed by atoms with Gasteiger partial charge < -0.3 is 4.74 Å². The van der Waals surface area contributed by atoms with E-state index in [4.69, 9.17) is 11.6 Å². The molecule has 14 heavy (non-hydrogen) atoms. The molecule has 0 atom stereocenters. The molecule has 0 saturated heterocycles. The number of hydrogen-bond donors (Lipinski definition) is 0. The predicted molar refractivity (Wildman–Crippen MR) is 59.6 cm³/mol. The average molecular weight is 278 g/mol. The van der Waals surface area contributed by atoms with E-state index in [9.17, 15) is 4.79 Å². The molecule has 1 aromatic carbocycles. The van der Waals surface area contributed by atoms with Crippen molar-refractivity contribution in [1.29, 1.82) is 0 Å². The minimum atomic E-state index is -0.268. The van der Waals surface area contributed by atoms with Gasteiger partial charge in [-0.1, -0.05) is 27.5 Å². The fourth-order valence-corrected chi connectivity index (χ4v) is 1.88.